The lowest BCUT2D eigenvalue weighted by atomic mass is 9.75. The lowest BCUT2D eigenvalue weighted by molar-refractivity contribution is 0.564. The highest BCUT2D eigenvalue weighted by Crippen LogP contribution is 2.35. The Morgan fingerprint density at radius 3 is 3.00 bits per heavy atom. The molecule has 0 aromatic rings. The van der Waals surface area contributed by atoms with Crippen molar-refractivity contribution < 1.29 is 0 Å². The number of nitriles is 1. The first-order valence-electron chi connectivity index (χ1n) is 3.51. The zero-order chi connectivity index (χ0) is 7.56. The molecule has 0 N–H and O–H groups in total. The summed E-state index contributed by atoms with van der Waals surface area (Å²) in [5, 5.41) is 8.65. The van der Waals surface area contributed by atoms with Gasteiger partial charge in [0.05, 0.1) is 12.0 Å². The molecule has 0 aromatic heterocycles. The first-order chi connectivity index (χ1) is 4.75. The molecule has 0 saturated heterocycles. The van der Waals surface area contributed by atoms with E-state index in [-0.39, 0.29) is 5.92 Å². The van der Waals surface area contributed by atoms with Crippen molar-refractivity contribution in [1.29, 1.82) is 5.26 Å². The van der Waals surface area contributed by atoms with Crippen LogP contribution in [0.25, 0.3) is 0 Å². The van der Waals surface area contributed by atoms with Gasteiger partial charge >= 0.3 is 0 Å². The van der Waals surface area contributed by atoms with Crippen LogP contribution in [0.5, 0.6) is 0 Å². The minimum atomic E-state index is 0.123. The molecule has 1 saturated carbocycles. The summed E-state index contributed by atoms with van der Waals surface area (Å²) in [6.45, 7) is 5.84. The standard InChI is InChI=1S/C9H11N/c1-7-4-3-5-9(6-10)8(7)2/h4,9H,1,3,5H2,2H3. The molecular formula is C9H11N. The highest BCUT2D eigenvalue weighted by Gasteiger charge is 2.27. The molecule has 1 aliphatic rings. The monoisotopic (exact) mass is 133 g/mol. The van der Waals surface area contributed by atoms with Gasteiger partial charge < -0.3 is 0 Å². The lowest BCUT2D eigenvalue weighted by Gasteiger charge is -2.27. The Labute approximate surface area is 63.0 Å². The van der Waals surface area contributed by atoms with Gasteiger partial charge in [0.2, 0.25) is 0 Å². The van der Waals surface area contributed by atoms with E-state index in [2.05, 4.69) is 19.4 Å². The van der Waals surface area contributed by atoms with Crippen molar-refractivity contribution in [2.75, 3.05) is 0 Å². The van der Waals surface area contributed by atoms with E-state index < -0.39 is 0 Å². The summed E-state index contributed by atoms with van der Waals surface area (Å²) >= 11 is 0. The van der Waals surface area contributed by atoms with Crippen LogP contribution in [0.1, 0.15) is 19.8 Å². The number of hydrogen-bond donors (Lipinski definition) is 0. The van der Waals surface area contributed by atoms with Crippen molar-refractivity contribution in [2.24, 2.45) is 5.92 Å². The Balaban J connectivity index is 2.53. The van der Waals surface area contributed by atoms with E-state index in [4.69, 9.17) is 5.26 Å². The van der Waals surface area contributed by atoms with E-state index in [0.29, 0.717) is 0 Å². The van der Waals surface area contributed by atoms with E-state index in [1.807, 2.05) is 6.92 Å². The van der Waals surface area contributed by atoms with Gasteiger partial charge in [-0.05, 0) is 38.0 Å². The van der Waals surface area contributed by atoms with Crippen LogP contribution in [-0.4, -0.2) is 0 Å². The van der Waals surface area contributed by atoms with Crippen LogP contribution in [0.2, 0.25) is 0 Å². The summed E-state index contributed by atoms with van der Waals surface area (Å²) in [6.07, 6.45) is 4.08. The molecule has 0 aromatic carbocycles. The van der Waals surface area contributed by atoms with Crippen LogP contribution >= 0.6 is 0 Å². The Morgan fingerprint density at radius 2 is 2.50 bits per heavy atom. The normalized spacial score (nSPS) is 29.9. The van der Waals surface area contributed by atoms with Crippen LogP contribution < -0.4 is 0 Å². The van der Waals surface area contributed by atoms with E-state index in [1.54, 1.807) is 0 Å². The zero-order valence-electron chi connectivity index (χ0n) is 6.22. The van der Waals surface area contributed by atoms with Crippen molar-refractivity contribution in [3.05, 3.63) is 25.2 Å². The molecule has 0 bridgehead atoms. The van der Waals surface area contributed by atoms with E-state index in [1.165, 1.54) is 0 Å². The Bertz CT molecular complexity index is 145. The molecule has 0 amide bonds. The number of hydrogen-bond acceptors (Lipinski definition) is 1. The first kappa shape index (κ1) is 7.60. The van der Waals surface area contributed by atoms with Crippen molar-refractivity contribution in [3.8, 4) is 6.07 Å². The summed E-state index contributed by atoms with van der Waals surface area (Å²) in [5.74, 6) is 2.32. The predicted molar refractivity (Wildman–Crippen MR) is 40.2 cm³/mol. The lowest BCUT2D eigenvalue weighted by Crippen LogP contribution is -2.19. The molecule has 1 atom stereocenters. The third-order valence-corrected chi connectivity index (χ3v) is 2.03. The predicted octanol–water partition coefficient (Wildman–Crippen LogP) is 2.13. The molecule has 0 spiro atoms. The maximum absolute atomic E-state index is 8.65. The minimum absolute atomic E-state index is 0.123. The molecule has 1 unspecified atom stereocenters. The largest absolute Gasteiger partial charge is 0.198 e. The third-order valence-electron chi connectivity index (χ3n) is 2.03. The quantitative estimate of drug-likeness (QED) is 0.496. The average molecular weight is 133 g/mol. The van der Waals surface area contributed by atoms with Gasteiger partial charge in [-0.25, -0.2) is 0 Å². The van der Waals surface area contributed by atoms with Crippen molar-refractivity contribution in [1.82, 2.24) is 0 Å². The molecule has 52 valence electrons. The maximum atomic E-state index is 8.65. The highest BCUT2D eigenvalue weighted by molar-refractivity contribution is 5.32. The Hall–Kier alpha value is -0.510. The molecule has 1 aliphatic carbocycles. The smallest absolute Gasteiger partial charge is 0.0661 e. The average Bonchev–Trinajstić information content (AvgIpc) is 1.95. The van der Waals surface area contributed by atoms with Crippen molar-refractivity contribution in [2.45, 2.75) is 19.8 Å². The summed E-state index contributed by atoms with van der Waals surface area (Å²) in [4.78, 5) is 0. The first-order valence-corrected chi connectivity index (χ1v) is 3.51. The molecule has 0 aliphatic heterocycles. The topological polar surface area (TPSA) is 23.8 Å². The van der Waals surface area contributed by atoms with Gasteiger partial charge in [-0.1, -0.05) is 6.92 Å². The fourth-order valence-corrected chi connectivity index (χ4v) is 1.19. The second-order valence-corrected chi connectivity index (χ2v) is 2.67. The van der Waals surface area contributed by atoms with Gasteiger partial charge in [-0.2, -0.15) is 5.26 Å². The van der Waals surface area contributed by atoms with Gasteiger partial charge in [0.15, 0.2) is 0 Å². The fourth-order valence-electron chi connectivity index (χ4n) is 1.19. The molecule has 1 heteroatoms. The molecule has 1 fully saturated rings. The SMILES string of the molecule is [CH2][C]1[CH]CCC(C#N)[C]1C. The molecule has 1 rings (SSSR count). The van der Waals surface area contributed by atoms with Crippen molar-refractivity contribution >= 4 is 0 Å². The summed E-state index contributed by atoms with van der Waals surface area (Å²) in [7, 11) is 0. The van der Waals surface area contributed by atoms with E-state index in [0.717, 1.165) is 24.7 Å². The van der Waals surface area contributed by atoms with Gasteiger partial charge in [0.25, 0.3) is 0 Å². The molecule has 1 nitrogen and oxygen atoms in total. The highest BCUT2D eigenvalue weighted by atomic mass is 14.3. The summed E-state index contributed by atoms with van der Waals surface area (Å²) in [6, 6.07) is 2.27. The fraction of sp³-hybridized carbons (Fsp3) is 0.444. The third kappa shape index (κ3) is 1.31. The Morgan fingerprint density at radius 1 is 1.80 bits per heavy atom. The van der Waals surface area contributed by atoms with Crippen molar-refractivity contribution in [3.63, 3.8) is 0 Å². The molecular weight excluding hydrogens is 122 g/mol. The molecule has 4 radical (unpaired) electrons. The van der Waals surface area contributed by atoms with Crippen LogP contribution in [-0.2, 0) is 0 Å². The zero-order valence-corrected chi connectivity index (χ0v) is 6.22. The Kier molecular flexibility index (Phi) is 2.32. The van der Waals surface area contributed by atoms with Crippen LogP contribution in [0.4, 0.5) is 0 Å². The van der Waals surface area contributed by atoms with Crippen LogP contribution in [0.3, 0.4) is 0 Å². The second kappa shape index (κ2) is 3.05. The van der Waals surface area contributed by atoms with Gasteiger partial charge in [0, 0.05) is 0 Å². The van der Waals surface area contributed by atoms with Crippen LogP contribution in [0, 0.1) is 42.4 Å². The van der Waals surface area contributed by atoms with Gasteiger partial charge in [-0.3, -0.25) is 0 Å². The number of rotatable bonds is 0. The second-order valence-electron chi connectivity index (χ2n) is 2.67. The van der Waals surface area contributed by atoms with E-state index >= 15 is 0 Å². The number of nitrogens with zero attached hydrogens (tertiary/aromatic N) is 1. The molecule has 0 heterocycles. The summed E-state index contributed by atoms with van der Waals surface area (Å²) < 4.78 is 0. The minimum Gasteiger partial charge on any atom is -0.198 e. The van der Waals surface area contributed by atoms with Gasteiger partial charge in [-0.15, -0.1) is 0 Å². The summed E-state index contributed by atoms with van der Waals surface area (Å²) in [5.41, 5.74) is 0. The molecule has 10 heavy (non-hydrogen) atoms. The van der Waals surface area contributed by atoms with E-state index in [9.17, 15) is 0 Å². The maximum Gasteiger partial charge on any atom is 0.0661 e. The van der Waals surface area contributed by atoms with Gasteiger partial charge in [0.1, 0.15) is 0 Å². The van der Waals surface area contributed by atoms with Crippen LogP contribution in [0.15, 0.2) is 0 Å².